The zero-order valence-electron chi connectivity index (χ0n) is 17.5. The van der Waals surface area contributed by atoms with E-state index in [0.29, 0.717) is 10.2 Å². The smallest absolute Gasteiger partial charge is 0.323 e. The summed E-state index contributed by atoms with van der Waals surface area (Å²) in [6.45, 7) is 3.13. The number of carbonyl (C=O) groups is 3. The Labute approximate surface area is 187 Å². The lowest BCUT2D eigenvalue weighted by Crippen LogP contribution is -2.47. The van der Waals surface area contributed by atoms with E-state index in [2.05, 4.69) is 15.7 Å². The van der Waals surface area contributed by atoms with Gasteiger partial charge in [0.15, 0.2) is 0 Å². The number of aryl methyl sites for hydroxylation is 1. The van der Waals surface area contributed by atoms with Gasteiger partial charge in [0.25, 0.3) is 17.4 Å². The molecule has 1 unspecified atom stereocenters. The molecule has 3 aromatic rings. The van der Waals surface area contributed by atoms with Gasteiger partial charge in [-0.2, -0.15) is 0 Å². The Balaban J connectivity index is 1.42. The summed E-state index contributed by atoms with van der Waals surface area (Å²) < 4.78 is 1.00. The normalized spacial score (nSPS) is 20.6. The summed E-state index contributed by atoms with van der Waals surface area (Å²) in [5.74, 6) is -0.981. The van der Waals surface area contributed by atoms with Gasteiger partial charge in [-0.05, 0) is 38.2 Å². The van der Waals surface area contributed by atoms with Crippen molar-refractivity contribution in [3.8, 4) is 11.1 Å². The van der Waals surface area contributed by atoms with Crippen LogP contribution in [0.2, 0.25) is 0 Å². The molecule has 164 valence electrons. The fourth-order valence-electron chi connectivity index (χ4n) is 4.24. The number of imide groups is 1. The SMILES string of the molecule is Cc1sc2ncn(NC(=O)CN3C(=O)NC(C)(C4CC4)C3=O)c(=O)c2c1-c1ccccc1. The number of fused-ring (bicyclic) bond motifs is 1. The average Bonchev–Trinajstić information content (AvgIpc) is 3.53. The number of hydrogen-bond donors (Lipinski definition) is 2. The molecule has 32 heavy (non-hydrogen) atoms. The highest BCUT2D eigenvalue weighted by Gasteiger charge is 2.56. The molecule has 3 heterocycles. The van der Waals surface area contributed by atoms with Gasteiger partial charge in [-0.1, -0.05) is 30.3 Å². The first-order valence-corrected chi connectivity index (χ1v) is 11.1. The summed E-state index contributed by atoms with van der Waals surface area (Å²) in [5.41, 5.74) is 2.74. The van der Waals surface area contributed by atoms with Crippen molar-refractivity contribution < 1.29 is 14.4 Å². The number of rotatable bonds is 5. The van der Waals surface area contributed by atoms with Crippen LogP contribution in [0.3, 0.4) is 0 Å². The molecule has 1 aliphatic heterocycles. The maximum atomic E-state index is 13.2. The molecule has 2 fully saturated rings. The summed E-state index contributed by atoms with van der Waals surface area (Å²) in [7, 11) is 0. The van der Waals surface area contributed by atoms with Gasteiger partial charge in [0, 0.05) is 10.4 Å². The number of carbonyl (C=O) groups excluding carboxylic acids is 3. The second kappa shape index (κ2) is 7.27. The van der Waals surface area contributed by atoms with Crippen LogP contribution in [0, 0.1) is 12.8 Å². The topological polar surface area (TPSA) is 113 Å². The summed E-state index contributed by atoms with van der Waals surface area (Å²) in [6.07, 6.45) is 2.98. The van der Waals surface area contributed by atoms with Crippen LogP contribution >= 0.6 is 11.3 Å². The van der Waals surface area contributed by atoms with Gasteiger partial charge in [-0.15, -0.1) is 11.3 Å². The monoisotopic (exact) mass is 451 g/mol. The molecule has 2 N–H and O–H groups in total. The Bertz CT molecular complexity index is 1330. The third-order valence-electron chi connectivity index (χ3n) is 6.09. The molecule has 1 aliphatic carbocycles. The lowest BCUT2D eigenvalue weighted by Gasteiger charge is -2.20. The Morgan fingerprint density at radius 2 is 1.97 bits per heavy atom. The number of hydrogen-bond acceptors (Lipinski definition) is 6. The maximum absolute atomic E-state index is 13.2. The zero-order chi connectivity index (χ0) is 22.6. The van der Waals surface area contributed by atoms with Gasteiger partial charge in [0.05, 0.1) is 5.39 Å². The number of urea groups is 1. The number of thiophene rings is 1. The van der Waals surface area contributed by atoms with Crippen LogP contribution in [0.15, 0.2) is 41.5 Å². The summed E-state index contributed by atoms with van der Waals surface area (Å²) in [5, 5.41) is 3.12. The molecule has 2 aromatic heterocycles. The molecule has 0 bridgehead atoms. The van der Waals surface area contributed by atoms with Crippen molar-refractivity contribution >= 4 is 39.4 Å². The van der Waals surface area contributed by atoms with Crippen molar-refractivity contribution in [1.29, 1.82) is 0 Å². The van der Waals surface area contributed by atoms with Gasteiger partial charge in [-0.3, -0.25) is 24.7 Å². The standard InChI is InChI=1S/C22H21N5O4S/c1-12-16(13-6-4-3-5-7-13)17-18(32-12)23-11-27(19(17)29)25-15(28)10-26-20(30)22(2,14-8-9-14)24-21(26)31/h3-7,11,14H,8-10H2,1-2H3,(H,24,31)(H,25,28). The minimum Gasteiger partial charge on any atom is -0.323 e. The largest absolute Gasteiger partial charge is 0.325 e. The van der Waals surface area contributed by atoms with E-state index in [1.54, 1.807) is 6.92 Å². The van der Waals surface area contributed by atoms with E-state index in [1.165, 1.54) is 17.7 Å². The molecule has 5 rings (SSSR count). The van der Waals surface area contributed by atoms with Crippen LogP contribution in [0.25, 0.3) is 21.3 Å². The van der Waals surface area contributed by atoms with Gasteiger partial charge >= 0.3 is 6.03 Å². The second-order valence-electron chi connectivity index (χ2n) is 8.33. The van der Waals surface area contributed by atoms with E-state index in [1.807, 2.05) is 37.3 Å². The molecule has 4 amide bonds. The first kappa shape index (κ1) is 20.4. The minimum absolute atomic E-state index is 0.0967. The minimum atomic E-state index is -0.965. The van der Waals surface area contributed by atoms with Crippen LogP contribution in [0.4, 0.5) is 4.79 Å². The first-order valence-electron chi connectivity index (χ1n) is 10.3. The van der Waals surface area contributed by atoms with Crippen LogP contribution in [0.5, 0.6) is 0 Å². The lowest BCUT2D eigenvalue weighted by atomic mass is 9.96. The Morgan fingerprint density at radius 1 is 1.25 bits per heavy atom. The predicted octanol–water partition coefficient (Wildman–Crippen LogP) is 2.22. The lowest BCUT2D eigenvalue weighted by molar-refractivity contribution is -0.134. The number of aromatic nitrogens is 2. The molecular weight excluding hydrogens is 430 g/mol. The Hall–Kier alpha value is -3.53. The number of amides is 4. The summed E-state index contributed by atoms with van der Waals surface area (Å²) >= 11 is 1.41. The molecule has 1 saturated carbocycles. The molecular formula is C22H21N5O4S. The van der Waals surface area contributed by atoms with E-state index < -0.39 is 35.5 Å². The zero-order valence-corrected chi connectivity index (χ0v) is 18.4. The van der Waals surface area contributed by atoms with Crippen molar-refractivity contribution in [3.05, 3.63) is 51.9 Å². The molecule has 10 heteroatoms. The van der Waals surface area contributed by atoms with Gasteiger partial charge in [0.1, 0.15) is 23.2 Å². The fraction of sp³-hybridized carbons (Fsp3) is 0.318. The predicted molar refractivity (Wildman–Crippen MR) is 120 cm³/mol. The molecule has 1 atom stereocenters. The molecule has 9 nitrogen and oxygen atoms in total. The summed E-state index contributed by atoms with van der Waals surface area (Å²) in [4.78, 5) is 57.6. The van der Waals surface area contributed by atoms with Crippen molar-refractivity contribution in [2.45, 2.75) is 32.2 Å². The van der Waals surface area contributed by atoms with E-state index in [0.717, 1.165) is 38.4 Å². The van der Waals surface area contributed by atoms with E-state index >= 15 is 0 Å². The average molecular weight is 452 g/mol. The molecule has 2 aliphatic rings. The third kappa shape index (κ3) is 3.18. The maximum Gasteiger partial charge on any atom is 0.325 e. The fourth-order valence-corrected chi connectivity index (χ4v) is 5.25. The van der Waals surface area contributed by atoms with Crippen LogP contribution in [-0.4, -0.2) is 44.5 Å². The van der Waals surface area contributed by atoms with E-state index in [9.17, 15) is 19.2 Å². The van der Waals surface area contributed by atoms with E-state index in [4.69, 9.17) is 0 Å². The molecule has 0 spiro atoms. The van der Waals surface area contributed by atoms with Crippen molar-refractivity contribution in [2.24, 2.45) is 5.92 Å². The van der Waals surface area contributed by atoms with Gasteiger partial charge in [0.2, 0.25) is 0 Å². The van der Waals surface area contributed by atoms with Crippen LogP contribution in [-0.2, 0) is 9.59 Å². The summed E-state index contributed by atoms with van der Waals surface area (Å²) in [6, 6.07) is 8.91. The highest BCUT2D eigenvalue weighted by Crippen LogP contribution is 2.42. The van der Waals surface area contributed by atoms with Crippen molar-refractivity contribution in [3.63, 3.8) is 0 Å². The van der Waals surface area contributed by atoms with Crippen molar-refractivity contribution in [2.75, 3.05) is 12.0 Å². The van der Waals surface area contributed by atoms with Gasteiger partial charge < -0.3 is 5.32 Å². The van der Waals surface area contributed by atoms with E-state index in [-0.39, 0.29) is 5.92 Å². The Kier molecular flexibility index (Phi) is 4.63. The Morgan fingerprint density at radius 3 is 2.66 bits per heavy atom. The van der Waals surface area contributed by atoms with Crippen molar-refractivity contribution in [1.82, 2.24) is 19.9 Å². The quantitative estimate of drug-likeness (QED) is 0.578. The van der Waals surface area contributed by atoms with Gasteiger partial charge in [-0.25, -0.2) is 14.5 Å². The number of nitrogens with zero attached hydrogens (tertiary/aromatic N) is 3. The molecule has 0 radical (unpaired) electrons. The second-order valence-corrected chi connectivity index (χ2v) is 9.54. The highest BCUT2D eigenvalue weighted by molar-refractivity contribution is 7.19. The third-order valence-corrected chi connectivity index (χ3v) is 7.11. The highest BCUT2D eigenvalue weighted by atomic mass is 32.1. The van der Waals surface area contributed by atoms with Crippen LogP contribution in [0.1, 0.15) is 24.6 Å². The molecule has 1 saturated heterocycles. The number of benzene rings is 1. The first-order chi connectivity index (χ1) is 15.3. The van der Waals surface area contributed by atoms with Crippen LogP contribution < -0.4 is 16.3 Å². The number of nitrogens with one attached hydrogen (secondary N) is 2. The molecule has 1 aromatic carbocycles.